The summed E-state index contributed by atoms with van der Waals surface area (Å²) >= 11 is 1.68. The zero-order chi connectivity index (χ0) is 12.7. The first-order valence-corrected chi connectivity index (χ1v) is 6.85. The van der Waals surface area contributed by atoms with Gasteiger partial charge in [0.25, 0.3) is 0 Å². The van der Waals surface area contributed by atoms with E-state index < -0.39 is 0 Å². The molecule has 17 heavy (non-hydrogen) atoms. The lowest BCUT2D eigenvalue weighted by molar-refractivity contribution is 0.433. The minimum Gasteiger partial charge on any atom is -0.231 e. The van der Waals surface area contributed by atoms with E-state index in [9.17, 15) is 0 Å². The van der Waals surface area contributed by atoms with E-state index in [1.165, 1.54) is 0 Å². The Balaban J connectivity index is 2.17. The Hall–Kier alpha value is -1.08. The lowest BCUT2D eigenvalue weighted by Gasteiger charge is -2.13. The van der Waals surface area contributed by atoms with Gasteiger partial charge in [0.05, 0.1) is 11.5 Å². The largest absolute Gasteiger partial charge is 0.231 e. The third-order valence-corrected chi connectivity index (χ3v) is 3.45. The number of nitriles is 1. The van der Waals surface area contributed by atoms with Crippen molar-refractivity contribution >= 4 is 11.8 Å². The van der Waals surface area contributed by atoms with Crippen molar-refractivity contribution < 1.29 is 0 Å². The molecule has 0 N–H and O–H groups in total. The summed E-state index contributed by atoms with van der Waals surface area (Å²) < 4.78 is 0. The number of rotatable bonds is 6. The molecule has 1 heterocycles. The average molecular weight is 249 g/mol. The minimum absolute atomic E-state index is 0.189. The van der Waals surface area contributed by atoms with Gasteiger partial charge in [-0.3, -0.25) is 0 Å². The van der Waals surface area contributed by atoms with Crippen molar-refractivity contribution in [3.05, 3.63) is 18.0 Å². The first-order chi connectivity index (χ1) is 8.03. The van der Waals surface area contributed by atoms with Crippen LogP contribution in [-0.2, 0) is 0 Å². The molecule has 0 spiro atoms. The van der Waals surface area contributed by atoms with Gasteiger partial charge in [0, 0.05) is 18.1 Å². The van der Waals surface area contributed by atoms with Crippen LogP contribution in [-0.4, -0.2) is 15.7 Å². The summed E-state index contributed by atoms with van der Waals surface area (Å²) in [4.78, 5) is 8.48. The highest BCUT2D eigenvalue weighted by atomic mass is 32.2. The molecular formula is C13H19N3S. The number of unbranched alkanes of at least 4 members (excludes halogenated alkanes) is 1. The molecule has 0 amide bonds. The van der Waals surface area contributed by atoms with Gasteiger partial charge in [0.2, 0.25) is 0 Å². The van der Waals surface area contributed by atoms with Crippen LogP contribution in [0, 0.1) is 23.7 Å². The predicted octanol–water partition coefficient (Wildman–Crippen LogP) is 3.60. The van der Waals surface area contributed by atoms with Crippen molar-refractivity contribution in [2.75, 3.05) is 5.75 Å². The van der Waals surface area contributed by atoms with E-state index in [0.29, 0.717) is 0 Å². The topological polar surface area (TPSA) is 49.6 Å². The van der Waals surface area contributed by atoms with Gasteiger partial charge in [-0.25, -0.2) is 9.97 Å². The zero-order valence-electron chi connectivity index (χ0n) is 10.7. The smallest absolute Gasteiger partial charge is 0.187 e. The van der Waals surface area contributed by atoms with E-state index in [-0.39, 0.29) is 5.41 Å². The van der Waals surface area contributed by atoms with Crippen LogP contribution in [0.2, 0.25) is 0 Å². The van der Waals surface area contributed by atoms with Crippen LogP contribution in [0.5, 0.6) is 0 Å². The van der Waals surface area contributed by atoms with E-state index >= 15 is 0 Å². The normalized spacial score (nSPS) is 11.2. The summed E-state index contributed by atoms with van der Waals surface area (Å²) in [7, 11) is 0. The van der Waals surface area contributed by atoms with Crippen molar-refractivity contribution in [2.24, 2.45) is 5.41 Å². The molecule has 0 aromatic carbocycles. The van der Waals surface area contributed by atoms with Gasteiger partial charge >= 0.3 is 0 Å². The number of aromatic nitrogens is 2. The van der Waals surface area contributed by atoms with E-state index in [2.05, 4.69) is 16.0 Å². The lowest BCUT2D eigenvalue weighted by atomic mass is 9.89. The second-order valence-corrected chi connectivity index (χ2v) is 5.91. The molecule has 1 aromatic heterocycles. The fourth-order valence-corrected chi connectivity index (χ4v) is 2.13. The molecule has 1 aromatic rings. The van der Waals surface area contributed by atoms with Crippen LogP contribution in [0.4, 0.5) is 0 Å². The van der Waals surface area contributed by atoms with E-state index in [1.54, 1.807) is 11.8 Å². The Morgan fingerprint density at radius 3 is 2.53 bits per heavy atom. The Bertz CT molecular complexity index is 379. The number of hydrogen-bond donors (Lipinski definition) is 0. The zero-order valence-corrected chi connectivity index (χ0v) is 11.5. The Morgan fingerprint density at radius 2 is 1.94 bits per heavy atom. The number of aryl methyl sites for hydroxylation is 1. The summed E-state index contributed by atoms with van der Waals surface area (Å²) in [6.07, 6.45) is 6.83. The molecule has 0 unspecified atom stereocenters. The quantitative estimate of drug-likeness (QED) is 0.439. The van der Waals surface area contributed by atoms with Crippen molar-refractivity contribution in [3.8, 4) is 6.07 Å². The Labute approximate surface area is 108 Å². The number of hydrogen-bond acceptors (Lipinski definition) is 4. The molecule has 0 bridgehead atoms. The fraction of sp³-hybridized carbons (Fsp3) is 0.615. The SMILES string of the molecule is Cc1cnc(SCCCCC(C)(C)C#N)nc1. The second kappa shape index (κ2) is 6.61. The maximum atomic E-state index is 8.88. The molecule has 0 saturated carbocycles. The molecule has 0 saturated heterocycles. The molecule has 0 atom stereocenters. The molecule has 4 heteroatoms. The van der Waals surface area contributed by atoms with Gasteiger partial charge in [0.15, 0.2) is 5.16 Å². The van der Waals surface area contributed by atoms with E-state index in [1.807, 2.05) is 33.2 Å². The third kappa shape index (κ3) is 5.69. The van der Waals surface area contributed by atoms with Crippen molar-refractivity contribution in [2.45, 2.75) is 45.2 Å². The predicted molar refractivity (Wildman–Crippen MR) is 70.7 cm³/mol. The van der Waals surface area contributed by atoms with E-state index in [0.717, 1.165) is 35.7 Å². The van der Waals surface area contributed by atoms with E-state index in [4.69, 9.17) is 5.26 Å². The van der Waals surface area contributed by atoms with Crippen molar-refractivity contribution in [1.29, 1.82) is 5.26 Å². The summed E-state index contributed by atoms with van der Waals surface area (Å²) in [6.45, 7) is 5.96. The highest BCUT2D eigenvalue weighted by Crippen LogP contribution is 2.23. The van der Waals surface area contributed by atoms with Crippen LogP contribution in [0.15, 0.2) is 17.6 Å². The Morgan fingerprint density at radius 1 is 1.29 bits per heavy atom. The Kier molecular flexibility index (Phi) is 5.43. The summed E-state index contributed by atoms with van der Waals surface area (Å²) in [5.41, 5.74) is 0.899. The monoisotopic (exact) mass is 249 g/mol. The molecule has 3 nitrogen and oxygen atoms in total. The third-order valence-electron chi connectivity index (χ3n) is 2.49. The van der Waals surface area contributed by atoms with Crippen LogP contribution in [0.25, 0.3) is 0 Å². The highest BCUT2D eigenvalue weighted by molar-refractivity contribution is 7.99. The van der Waals surface area contributed by atoms with Gasteiger partial charge in [-0.2, -0.15) is 5.26 Å². The lowest BCUT2D eigenvalue weighted by Crippen LogP contribution is -2.07. The van der Waals surface area contributed by atoms with Gasteiger partial charge in [-0.05, 0) is 39.2 Å². The van der Waals surface area contributed by atoms with Gasteiger partial charge in [-0.15, -0.1) is 0 Å². The summed E-state index contributed by atoms with van der Waals surface area (Å²) in [6, 6.07) is 2.32. The minimum atomic E-state index is -0.189. The molecule has 0 fully saturated rings. The second-order valence-electron chi connectivity index (χ2n) is 4.84. The standard InChI is InChI=1S/C13H19N3S/c1-11-8-15-12(16-9-11)17-7-5-4-6-13(2,3)10-14/h8-9H,4-7H2,1-3H3. The van der Waals surface area contributed by atoms with Crippen LogP contribution < -0.4 is 0 Å². The van der Waals surface area contributed by atoms with Crippen LogP contribution >= 0.6 is 11.8 Å². The van der Waals surface area contributed by atoms with Gasteiger partial charge in [0.1, 0.15) is 0 Å². The van der Waals surface area contributed by atoms with Crippen molar-refractivity contribution in [3.63, 3.8) is 0 Å². The molecule has 0 radical (unpaired) electrons. The van der Waals surface area contributed by atoms with Gasteiger partial charge < -0.3 is 0 Å². The fourth-order valence-electron chi connectivity index (χ4n) is 1.34. The average Bonchev–Trinajstić information content (AvgIpc) is 2.31. The van der Waals surface area contributed by atoms with Crippen molar-refractivity contribution in [1.82, 2.24) is 9.97 Å². The molecule has 0 aliphatic heterocycles. The highest BCUT2D eigenvalue weighted by Gasteiger charge is 2.15. The number of nitrogens with zero attached hydrogens (tertiary/aromatic N) is 3. The van der Waals surface area contributed by atoms with Crippen LogP contribution in [0.1, 0.15) is 38.7 Å². The molecule has 0 aliphatic carbocycles. The molecule has 0 aliphatic rings. The first kappa shape index (κ1) is 14.0. The summed E-state index contributed by atoms with van der Waals surface area (Å²) in [5.74, 6) is 1.02. The molecule has 92 valence electrons. The molecule has 1 rings (SSSR count). The molecular weight excluding hydrogens is 230 g/mol. The maximum Gasteiger partial charge on any atom is 0.187 e. The van der Waals surface area contributed by atoms with Crippen LogP contribution in [0.3, 0.4) is 0 Å². The van der Waals surface area contributed by atoms with Gasteiger partial charge in [-0.1, -0.05) is 18.2 Å². The number of thioether (sulfide) groups is 1. The first-order valence-electron chi connectivity index (χ1n) is 5.86. The summed E-state index contributed by atoms with van der Waals surface area (Å²) in [5, 5.41) is 9.72. The maximum absolute atomic E-state index is 8.88.